The minimum Gasteiger partial charge on any atom is -0.386 e. The Morgan fingerprint density at radius 2 is 1.33 bits per heavy atom. The van der Waals surface area contributed by atoms with E-state index in [4.69, 9.17) is 0 Å². The minimum absolute atomic E-state index is 0.349. The maximum absolute atomic E-state index is 12.4. The van der Waals surface area contributed by atoms with Crippen LogP contribution in [0.4, 0.5) is 0 Å². The fourth-order valence-corrected chi connectivity index (χ4v) is 2.65. The predicted molar refractivity (Wildman–Crippen MR) is 77.8 cm³/mol. The lowest BCUT2D eigenvalue weighted by atomic mass is 10.0. The van der Waals surface area contributed by atoms with Crippen molar-refractivity contribution in [3.05, 3.63) is 71.3 Å². The van der Waals surface area contributed by atoms with Gasteiger partial charge in [0.25, 0.3) is 11.8 Å². The van der Waals surface area contributed by atoms with Gasteiger partial charge in [0.05, 0.1) is 23.3 Å². The van der Waals surface area contributed by atoms with E-state index in [1.165, 1.54) is 0 Å². The number of fused-ring (bicyclic) bond motifs is 1. The zero-order valence-corrected chi connectivity index (χ0v) is 11.6. The Kier molecular flexibility index (Phi) is 3.31. The molecule has 4 heteroatoms. The maximum atomic E-state index is 12.4. The highest BCUT2D eigenvalue weighted by Crippen LogP contribution is 2.29. The van der Waals surface area contributed by atoms with E-state index in [0.717, 1.165) is 4.90 Å². The summed E-state index contributed by atoms with van der Waals surface area (Å²) in [5.41, 5.74) is 1.48. The Morgan fingerprint density at radius 1 is 0.857 bits per heavy atom. The average Bonchev–Trinajstić information content (AvgIpc) is 2.79. The van der Waals surface area contributed by atoms with Gasteiger partial charge in [-0.1, -0.05) is 42.5 Å². The van der Waals surface area contributed by atoms with Gasteiger partial charge in [-0.15, -0.1) is 0 Å². The molecule has 106 valence electrons. The van der Waals surface area contributed by atoms with Crippen molar-refractivity contribution in [1.82, 2.24) is 4.90 Å². The van der Waals surface area contributed by atoms with Crippen molar-refractivity contribution < 1.29 is 14.7 Å². The molecule has 0 saturated carbocycles. The lowest BCUT2D eigenvalue weighted by Crippen LogP contribution is -2.41. The van der Waals surface area contributed by atoms with Crippen molar-refractivity contribution >= 4 is 11.8 Å². The van der Waals surface area contributed by atoms with Crippen molar-refractivity contribution in [3.63, 3.8) is 0 Å². The summed E-state index contributed by atoms with van der Waals surface area (Å²) in [5, 5.41) is 10.4. The highest BCUT2D eigenvalue weighted by Gasteiger charge is 2.40. The number of aliphatic hydroxyl groups excluding tert-OH is 1. The van der Waals surface area contributed by atoms with E-state index in [2.05, 4.69) is 0 Å². The molecule has 1 aliphatic heterocycles. The summed E-state index contributed by atoms with van der Waals surface area (Å²) in [4.78, 5) is 25.9. The molecule has 4 nitrogen and oxygen atoms in total. The molecular weight excluding hydrogens is 266 g/mol. The molecule has 3 rings (SSSR count). The third-order valence-electron chi connectivity index (χ3n) is 3.83. The molecule has 0 aliphatic carbocycles. The van der Waals surface area contributed by atoms with Crippen molar-refractivity contribution in [1.29, 1.82) is 0 Å². The fourth-order valence-electron chi connectivity index (χ4n) is 2.65. The SMILES string of the molecule is C[C@@H]([C@@H](O)c1ccccc1)N1C(=O)c2ccccc2C1=O. The third-order valence-corrected chi connectivity index (χ3v) is 3.83. The number of imide groups is 1. The normalized spacial score (nSPS) is 16.8. The molecule has 2 aromatic carbocycles. The Morgan fingerprint density at radius 3 is 1.86 bits per heavy atom. The van der Waals surface area contributed by atoms with E-state index in [0.29, 0.717) is 16.7 Å². The van der Waals surface area contributed by atoms with E-state index >= 15 is 0 Å². The first-order chi connectivity index (χ1) is 10.1. The van der Waals surface area contributed by atoms with Gasteiger partial charge in [-0.3, -0.25) is 14.5 Å². The highest BCUT2D eigenvalue weighted by molar-refractivity contribution is 6.21. The molecule has 2 atom stereocenters. The van der Waals surface area contributed by atoms with E-state index in [1.807, 2.05) is 18.2 Å². The minimum atomic E-state index is -0.909. The maximum Gasteiger partial charge on any atom is 0.261 e. The molecule has 0 unspecified atom stereocenters. The van der Waals surface area contributed by atoms with Gasteiger partial charge in [0.1, 0.15) is 0 Å². The molecule has 21 heavy (non-hydrogen) atoms. The van der Waals surface area contributed by atoms with Gasteiger partial charge in [0.2, 0.25) is 0 Å². The topological polar surface area (TPSA) is 57.6 Å². The Labute approximate surface area is 122 Å². The molecule has 0 aromatic heterocycles. The van der Waals surface area contributed by atoms with Crippen LogP contribution in [-0.2, 0) is 0 Å². The zero-order valence-electron chi connectivity index (χ0n) is 11.6. The van der Waals surface area contributed by atoms with Gasteiger partial charge < -0.3 is 5.11 Å². The van der Waals surface area contributed by atoms with Crippen molar-refractivity contribution in [2.75, 3.05) is 0 Å². The molecule has 1 aliphatic rings. The van der Waals surface area contributed by atoms with Crippen molar-refractivity contribution in [2.24, 2.45) is 0 Å². The van der Waals surface area contributed by atoms with Gasteiger partial charge >= 0.3 is 0 Å². The van der Waals surface area contributed by atoms with Gasteiger partial charge in [-0.2, -0.15) is 0 Å². The monoisotopic (exact) mass is 281 g/mol. The second-order valence-corrected chi connectivity index (χ2v) is 5.12. The summed E-state index contributed by atoms with van der Waals surface area (Å²) >= 11 is 0. The number of nitrogens with zero attached hydrogens (tertiary/aromatic N) is 1. The van der Waals surface area contributed by atoms with Gasteiger partial charge in [-0.05, 0) is 24.6 Å². The van der Waals surface area contributed by atoms with Gasteiger partial charge in [0.15, 0.2) is 0 Å². The molecule has 2 amide bonds. The van der Waals surface area contributed by atoms with E-state index < -0.39 is 12.1 Å². The van der Waals surface area contributed by atoms with Crippen molar-refractivity contribution in [2.45, 2.75) is 19.1 Å². The second kappa shape index (κ2) is 5.14. The standard InChI is InChI=1S/C17H15NO3/c1-11(15(19)12-7-3-2-4-8-12)18-16(20)13-9-5-6-10-14(13)17(18)21/h2-11,15,19H,1H3/t11-,15+/m0/s1. The van der Waals surface area contributed by atoms with Crippen LogP contribution in [0.1, 0.15) is 39.3 Å². The molecule has 1 heterocycles. The average molecular weight is 281 g/mol. The largest absolute Gasteiger partial charge is 0.386 e. The summed E-state index contributed by atoms with van der Waals surface area (Å²) in [6.45, 7) is 1.68. The Balaban J connectivity index is 1.92. The second-order valence-electron chi connectivity index (χ2n) is 5.12. The molecule has 0 fully saturated rings. The number of hydrogen-bond acceptors (Lipinski definition) is 3. The Bertz CT molecular complexity index is 661. The lowest BCUT2D eigenvalue weighted by molar-refractivity contribution is 0.0376. The third kappa shape index (κ3) is 2.14. The zero-order chi connectivity index (χ0) is 15.0. The van der Waals surface area contributed by atoms with E-state index in [-0.39, 0.29) is 11.8 Å². The number of carbonyl (C=O) groups excluding carboxylic acids is 2. The van der Waals surface area contributed by atoms with Crippen LogP contribution in [0.2, 0.25) is 0 Å². The first kappa shape index (κ1) is 13.5. The van der Waals surface area contributed by atoms with Crippen LogP contribution in [0.3, 0.4) is 0 Å². The summed E-state index contributed by atoms with van der Waals surface area (Å²) < 4.78 is 0. The quantitative estimate of drug-likeness (QED) is 0.879. The van der Waals surface area contributed by atoms with Crippen LogP contribution in [0.25, 0.3) is 0 Å². The summed E-state index contributed by atoms with van der Waals surface area (Å²) in [6.07, 6.45) is -0.909. The molecule has 0 saturated heterocycles. The summed E-state index contributed by atoms with van der Waals surface area (Å²) in [7, 11) is 0. The fraction of sp³-hybridized carbons (Fsp3) is 0.176. The lowest BCUT2D eigenvalue weighted by Gasteiger charge is -2.27. The molecular formula is C17H15NO3. The first-order valence-corrected chi connectivity index (χ1v) is 6.81. The number of rotatable bonds is 3. The Hall–Kier alpha value is -2.46. The number of carbonyl (C=O) groups is 2. The first-order valence-electron chi connectivity index (χ1n) is 6.81. The van der Waals surface area contributed by atoms with Crippen LogP contribution < -0.4 is 0 Å². The molecule has 0 radical (unpaired) electrons. The summed E-state index contributed by atoms with van der Waals surface area (Å²) in [5.74, 6) is -0.698. The van der Waals surface area contributed by atoms with E-state index in [9.17, 15) is 14.7 Å². The number of aliphatic hydroxyl groups is 1. The molecule has 1 N–H and O–H groups in total. The number of amides is 2. The molecule has 0 spiro atoms. The molecule has 2 aromatic rings. The van der Waals surface area contributed by atoms with Gasteiger partial charge in [0, 0.05) is 0 Å². The van der Waals surface area contributed by atoms with Crippen LogP contribution in [0.15, 0.2) is 54.6 Å². The van der Waals surface area contributed by atoms with Gasteiger partial charge in [-0.25, -0.2) is 0 Å². The van der Waals surface area contributed by atoms with Crippen LogP contribution in [0.5, 0.6) is 0 Å². The number of hydrogen-bond donors (Lipinski definition) is 1. The predicted octanol–water partition coefficient (Wildman–Crippen LogP) is 2.40. The number of benzene rings is 2. The molecule has 0 bridgehead atoms. The highest BCUT2D eigenvalue weighted by atomic mass is 16.3. The van der Waals surface area contributed by atoms with Crippen molar-refractivity contribution in [3.8, 4) is 0 Å². The van der Waals surface area contributed by atoms with E-state index in [1.54, 1.807) is 43.3 Å². The smallest absolute Gasteiger partial charge is 0.261 e. The van der Waals surface area contributed by atoms with Crippen LogP contribution in [-0.4, -0.2) is 27.9 Å². The van der Waals surface area contributed by atoms with Crippen LogP contribution >= 0.6 is 0 Å². The summed E-state index contributed by atoms with van der Waals surface area (Å²) in [6, 6.07) is 15.1. The van der Waals surface area contributed by atoms with Crippen LogP contribution in [0, 0.1) is 0 Å².